The van der Waals surface area contributed by atoms with Gasteiger partial charge in [0.05, 0.1) is 24.7 Å². The van der Waals surface area contributed by atoms with Crippen molar-refractivity contribution < 1.29 is 23.9 Å². The van der Waals surface area contributed by atoms with E-state index in [4.69, 9.17) is 9.47 Å². The quantitative estimate of drug-likeness (QED) is 0.228. The molecule has 1 saturated carbocycles. The van der Waals surface area contributed by atoms with Crippen molar-refractivity contribution in [1.29, 1.82) is 0 Å². The molecule has 0 aromatic heterocycles. The van der Waals surface area contributed by atoms with E-state index in [1.807, 2.05) is 19.1 Å². The Kier molecular flexibility index (Phi) is 5.28. The first-order valence-electron chi connectivity index (χ1n) is 10.1. The molecule has 4 atom stereocenters. The molecule has 2 aliphatic carbocycles. The predicted molar refractivity (Wildman–Crippen MR) is 110 cm³/mol. The summed E-state index contributed by atoms with van der Waals surface area (Å²) in [5.74, 6) is -0.467. The fraction of sp³-hybridized carbons (Fsp3) is 0.391. The molecule has 2 bridgehead atoms. The number of nitrogens with zero attached hydrogens (tertiary/aromatic N) is 2. The zero-order chi connectivity index (χ0) is 21.4. The number of carbonyl (C=O) groups is 3. The number of imide groups is 1. The fourth-order valence-corrected chi connectivity index (χ4v) is 4.71. The van der Waals surface area contributed by atoms with Gasteiger partial charge in [0.1, 0.15) is 0 Å². The van der Waals surface area contributed by atoms with Crippen LogP contribution in [0.4, 0.5) is 0 Å². The first-order chi connectivity index (χ1) is 14.4. The lowest BCUT2D eigenvalue weighted by Crippen LogP contribution is -2.28. The monoisotopic (exact) mass is 408 g/mol. The second-order valence-electron chi connectivity index (χ2n) is 7.76. The fourth-order valence-electron chi connectivity index (χ4n) is 4.71. The number of hydrazone groups is 1. The molecule has 30 heavy (non-hydrogen) atoms. The number of hydrogen-bond acceptors (Lipinski definition) is 6. The molecule has 1 heterocycles. The Hall–Kier alpha value is -3.22. The zero-order valence-electron chi connectivity index (χ0n) is 17.0. The average Bonchev–Trinajstić information content (AvgIpc) is 3.37. The minimum Gasteiger partial charge on any atom is -0.490 e. The summed E-state index contributed by atoms with van der Waals surface area (Å²) < 4.78 is 11.0. The van der Waals surface area contributed by atoms with Gasteiger partial charge in [0.2, 0.25) is 0 Å². The molecule has 4 unspecified atom stereocenters. The third-order valence-corrected chi connectivity index (χ3v) is 5.83. The van der Waals surface area contributed by atoms with Gasteiger partial charge in [0, 0.05) is 12.5 Å². The van der Waals surface area contributed by atoms with Gasteiger partial charge in [-0.15, -0.1) is 6.58 Å². The molecule has 1 saturated heterocycles. The Morgan fingerprint density at radius 1 is 1.23 bits per heavy atom. The highest BCUT2D eigenvalue weighted by Crippen LogP contribution is 2.52. The van der Waals surface area contributed by atoms with Crippen LogP contribution in [0.2, 0.25) is 0 Å². The third kappa shape index (κ3) is 3.34. The van der Waals surface area contributed by atoms with Gasteiger partial charge in [-0.2, -0.15) is 10.1 Å². The van der Waals surface area contributed by atoms with E-state index in [2.05, 4.69) is 11.7 Å². The maximum absolute atomic E-state index is 12.8. The van der Waals surface area contributed by atoms with Crippen LogP contribution < -0.4 is 9.47 Å². The van der Waals surface area contributed by atoms with E-state index in [0.29, 0.717) is 35.7 Å². The van der Waals surface area contributed by atoms with Crippen LogP contribution in [0.1, 0.15) is 31.4 Å². The summed E-state index contributed by atoms with van der Waals surface area (Å²) >= 11 is 0. The molecule has 1 aromatic carbocycles. The number of esters is 1. The van der Waals surface area contributed by atoms with Gasteiger partial charge in [-0.3, -0.25) is 14.4 Å². The lowest BCUT2D eigenvalue weighted by atomic mass is 9.85. The van der Waals surface area contributed by atoms with Crippen molar-refractivity contribution in [3.8, 4) is 11.5 Å². The van der Waals surface area contributed by atoms with Crippen molar-refractivity contribution in [1.82, 2.24) is 5.01 Å². The summed E-state index contributed by atoms with van der Waals surface area (Å²) in [4.78, 5) is 37.1. The standard InChI is InChI=1S/C23H24N2O5/c1-4-6-17-9-14(10-18(29-5-2)21(17)30-13(3)26)12-24-25-22(27)19-15-7-8-16(11-15)20(19)23(25)28/h4,7-10,12,15-16,19-20H,1,5-6,11H2,2-3H3. The molecule has 3 aliphatic rings. The highest BCUT2D eigenvalue weighted by Gasteiger charge is 2.59. The molecule has 7 heteroatoms. The van der Waals surface area contributed by atoms with Gasteiger partial charge >= 0.3 is 5.97 Å². The van der Waals surface area contributed by atoms with Crippen LogP contribution in [-0.2, 0) is 20.8 Å². The van der Waals surface area contributed by atoms with Gasteiger partial charge in [0.15, 0.2) is 11.5 Å². The van der Waals surface area contributed by atoms with Crippen molar-refractivity contribution in [2.75, 3.05) is 6.61 Å². The van der Waals surface area contributed by atoms with Gasteiger partial charge < -0.3 is 9.47 Å². The molecular formula is C23H24N2O5. The lowest BCUT2D eigenvalue weighted by Gasteiger charge is -2.15. The number of carbonyl (C=O) groups excluding carboxylic acids is 3. The Bertz CT molecular complexity index is 950. The molecule has 0 radical (unpaired) electrons. The topological polar surface area (TPSA) is 85.3 Å². The normalized spacial score (nSPS) is 26.5. The molecule has 156 valence electrons. The number of allylic oxidation sites excluding steroid dienone is 3. The van der Waals surface area contributed by atoms with Crippen molar-refractivity contribution in [2.24, 2.45) is 28.8 Å². The average molecular weight is 408 g/mol. The maximum atomic E-state index is 12.8. The van der Waals surface area contributed by atoms with Crippen LogP contribution in [0, 0.1) is 23.7 Å². The Labute approximate surface area is 175 Å². The van der Waals surface area contributed by atoms with E-state index >= 15 is 0 Å². The van der Waals surface area contributed by atoms with Crippen LogP contribution in [0.25, 0.3) is 0 Å². The summed E-state index contributed by atoms with van der Waals surface area (Å²) in [5.41, 5.74) is 1.33. The van der Waals surface area contributed by atoms with Gasteiger partial charge in [-0.05, 0) is 49.3 Å². The highest BCUT2D eigenvalue weighted by atomic mass is 16.6. The minimum atomic E-state index is -0.453. The van der Waals surface area contributed by atoms with Crippen LogP contribution in [0.15, 0.2) is 42.0 Å². The Morgan fingerprint density at radius 2 is 1.90 bits per heavy atom. The largest absolute Gasteiger partial charge is 0.490 e. The first-order valence-corrected chi connectivity index (χ1v) is 10.1. The molecular weight excluding hydrogens is 384 g/mol. The number of rotatable bonds is 7. The molecule has 2 amide bonds. The number of benzene rings is 1. The molecule has 0 spiro atoms. The maximum Gasteiger partial charge on any atom is 0.308 e. The third-order valence-electron chi connectivity index (χ3n) is 5.83. The van der Waals surface area contributed by atoms with Crippen LogP contribution in [0.3, 0.4) is 0 Å². The van der Waals surface area contributed by atoms with E-state index in [1.54, 1.807) is 18.2 Å². The summed E-state index contributed by atoms with van der Waals surface area (Å²) in [7, 11) is 0. The van der Waals surface area contributed by atoms with E-state index < -0.39 is 5.97 Å². The van der Waals surface area contributed by atoms with Crippen molar-refractivity contribution in [3.63, 3.8) is 0 Å². The molecule has 7 nitrogen and oxygen atoms in total. The van der Waals surface area contributed by atoms with Crippen LogP contribution in [-0.4, -0.2) is 35.6 Å². The van der Waals surface area contributed by atoms with E-state index in [1.165, 1.54) is 13.1 Å². The Balaban J connectivity index is 1.63. The molecule has 0 N–H and O–H groups in total. The molecule has 1 aliphatic heterocycles. The van der Waals surface area contributed by atoms with E-state index in [0.717, 1.165) is 11.4 Å². The number of hydrogen-bond donors (Lipinski definition) is 0. The molecule has 2 fully saturated rings. The van der Waals surface area contributed by atoms with Crippen LogP contribution in [0.5, 0.6) is 11.5 Å². The van der Waals surface area contributed by atoms with Crippen LogP contribution >= 0.6 is 0 Å². The van der Waals surface area contributed by atoms with Gasteiger partial charge in [0.25, 0.3) is 11.8 Å². The second-order valence-corrected chi connectivity index (χ2v) is 7.76. The molecule has 4 rings (SSSR count). The smallest absolute Gasteiger partial charge is 0.308 e. The SMILES string of the molecule is C=CCc1cc(C=NN2C(=O)C3C4C=CC(C4)C3C2=O)cc(OCC)c1OC(C)=O. The van der Waals surface area contributed by atoms with Crippen molar-refractivity contribution >= 4 is 24.0 Å². The number of ether oxygens (including phenoxy) is 2. The van der Waals surface area contributed by atoms with Crippen molar-refractivity contribution in [2.45, 2.75) is 26.7 Å². The summed E-state index contributed by atoms with van der Waals surface area (Å²) in [6.45, 7) is 7.28. The van der Waals surface area contributed by atoms with Gasteiger partial charge in [-0.1, -0.05) is 18.2 Å². The minimum absolute atomic E-state index is 0.142. The second kappa shape index (κ2) is 7.89. The lowest BCUT2D eigenvalue weighted by molar-refractivity contribution is -0.140. The predicted octanol–water partition coefficient (Wildman–Crippen LogP) is 2.88. The molecule has 1 aromatic rings. The highest BCUT2D eigenvalue weighted by molar-refractivity contribution is 6.06. The number of fused-ring (bicyclic) bond motifs is 5. The summed E-state index contributed by atoms with van der Waals surface area (Å²) in [5, 5.41) is 5.23. The zero-order valence-corrected chi connectivity index (χ0v) is 17.0. The summed E-state index contributed by atoms with van der Waals surface area (Å²) in [6.07, 6.45) is 8.59. The van der Waals surface area contributed by atoms with Crippen molar-refractivity contribution in [3.05, 3.63) is 48.1 Å². The van der Waals surface area contributed by atoms with E-state index in [-0.39, 0.29) is 35.5 Å². The van der Waals surface area contributed by atoms with Gasteiger partial charge in [-0.25, -0.2) is 0 Å². The Morgan fingerprint density at radius 3 is 2.47 bits per heavy atom. The first kappa shape index (κ1) is 20.1. The number of amides is 2. The van der Waals surface area contributed by atoms with E-state index in [9.17, 15) is 14.4 Å². The summed E-state index contributed by atoms with van der Waals surface area (Å²) in [6, 6.07) is 3.46.